The van der Waals surface area contributed by atoms with Gasteiger partial charge in [-0.25, -0.2) is 0 Å². The van der Waals surface area contributed by atoms with E-state index in [1.807, 2.05) is 13.8 Å². The molecule has 0 aliphatic heterocycles. The van der Waals surface area contributed by atoms with Gasteiger partial charge in [0.25, 0.3) is 0 Å². The molecule has 104 valence electrons. The fourth-order valence-corrected chi connectivity index (χ4v) is 2.61. The number of nitrogens with two attached hydrogens (primary N) is 2. The molecule has 2 amide bonds. The van der Waals surface area contributed by atoms with Gasteiger partial charge in [0, 0.05) is 6.54 Å². The van der Waals surface area contributed by atoms with Crippen LogP contribution in [0.15, 0.2) is 0 Å². The van der Waals surface area contributed by atoms with E-state index < -0.39 is 17.4 Å². The number of nitrogens with one attached hydrogen (secondary N) is 1. The van der Waals surface area contributed by atoms with Crippen LogP contribution in [-0.4, -0.2) is 24.4 Å². The summed E-state index contributed by atoms with van der Waals surface area (Å²) in [6.45, 7) is 4.07. The van der Waals surface area contributed by atoms with Crippen LogP contribution in [-0.2, 0) is 9.59 Å². The summed E-state index contributed by atoms with van der Waals surface area (Å²) in [7, 11) is 0. The average molecular weight is 255 g/mol. The van der Waals surface area contributed by atoms with Crippen molar-refractivity contribution in [2.75, 3.05) is 6.54 Å². The first-order valence-corrected chi connectivity index (χ1v) is 6.73. The zero-order valence-corrected chi connectivity index (χ0v) is 11.4. The fourth-order valence-electron chi connectivity index (χ4n) is 2.61. The predicted octanol–water partition coefficient (Wildman–Crippen LogP) is 0.522. The van der Waals surface area contributed by atoms with Gasteiger partial charge in [-0.05, 0) is 18.8 Å². The molecule has 0 aromatic heterocycles. The Hall–Kier alpha value is -1.10. The largest absolute Gasteiger partial charge is 0.368 e. The Morgan fingerprint density at radius 1 is 1.22 bits per heavy atom. The van der Waals surface area contributed by atoms with Crippen LogP contribution in [0.25, 0.3) is 0 Å². The summed E-state index contributed by atoms with van der Waals surface area (Å²) in [5.74, 6) is -0.603. The Balaban J connectivity index is 2.75. The van der Waals surface area contributed by atoms with Crippen molar-refractivity contribution < 1.29 is 9.59 Å². The highest BCUT2D eigenvalue weighted by molar-refractivity contribution is 5.89. The standard InChI is InChI=1S/C13H25N3O2/c1-9(2)10(11(15)17)16-12(18)13(8-14)6-4-3-5-7-13/h9-10H,3-8,14H2,1-2H3,(H2,15,17)(H,16,18). The fraction of sp³-hybridized carbons (Fsp3) is 0.846. The van der Waals surface area contributed by atoms with Crippen LogP contribution in [0.1, 0.15) is 46.0 Å². The maximum atomic E-state index is 12.4. The molecule has 5 nitrogen and oxygen atoms in total. The molecule has 0 aromatic rings. The molecule has 0 bridgehead atoms. The van der Waals surface area contributed by atoms with Crippen LogP contribution in [0.2, 0.25) is 0 Å². The molecule has 1 fully saturated rings. The number of carbonyl (C=O) groups excluding carboxylic acids is 2. The third-order valence-corrected chi connectivity index (χ3v) is 3.94. The molecule has 1 atom stereocenters. The van der Waals surface area contributed by atoms with Gasteiger partial charge in [-0.3, -0.25) is 9.59 Å². The highest BCUT2D eigenvalue weighted by atomic mass is 16.2. The molecule has 5 N–H and O–H groups in total. The number of rotatable bonds is 5. The van der Waals surface area contributed by atoms with Crippen LogP contribution in [0.4, 0.5) is 0 Å². The molecule has 1 unspecified atom stereocenters. The second kappa shape index (κ2) is 6.18. The van der Waals surface area contributed by atoms with Crippen molar-refractivity contribution in [3.05, 3.63) is 0 Å². The maximum absolute atomic E-state index is 12.4. The predicted molar refractivity (Wildman–Crippen MR) is 70.5 cm³/mol. The number of hydrogen-bond acceptors (Lipinski definition) is 3. The highest BCUT2D eigenvalue weighted by Crippen LogP contribution is 2.35. The molecule has 5 heteroatoms. The van der Waals surface area contributed by atoms with E-state index >= 15 is 0 Å². The van der Waals surface area contributed by atoms with E-state index in [0.717, 1.165) is 32.1 Å². The molecule has 1 aliphatic rings. The third kappa shape index (κ3) is 3.22. The third-order valence-electron chi connectivity index (χ3n) is 3.94. The van der Waals surface area contributed by atoms with Gasteiger partial charge >= 0.3 is 0 Å². The molecule has 1 rings (SSSR count). The van der Waals surface area contributed by atoms with Crippen molar-refractivity contribution in [1.29, 1.82) is 0 Å². The van der Waals surface area contributed by atoms with Gasteiger partial charge in [-0.15, -0.1) is 0 Å². The monoisotopic (exact) mass is 255 g/mol. The summed E-state index contributed by atoms with van der Waals surface area (Å²) in [6.07, 6.45) is 4.80. The second-order valence-electron chi connectivity index (χ2n) is 5.64. The van der Waals surface area contributed by atoms with E-state index in [1.165, 1.54) is 0 Å². The number of hydrogen-bond donors (Lipinski definition) is 3. The molecular weight excluding hydrogens is 230 g/mol. The van der Waals surface area contributed by atoms with E-state index in [-0.39, 0.29) is 11.8 Å². The Morgan fingerprint density at radius 2 is 1.78 bits per heavy atom. The first kappa shape index (κ1) is 15.0. The van der Waals surface area contributed by atoms with Crippen LogP contribution >= 0.6 is 0 Å². The lowest BCUT2D eigenvalue weighted by Crippen LogP contribution is -2.55. The van der Waals surface area contributed by atoms with Crippen molar-refractivity contribution in [2.24, 2.45) is 22.8 Å². The maximum Gasteiger partial charge on any atom is 0.240 e. The lowest BCUT2D eigenvalue weighted by molar-refractivity contribution is -0.136. The summed E-state index contributed by atoms with van der Waals surface area (Å²) in [5.41, 5.74) is 10.6. The van der Waals surface area contributed by atoms with Crippen LogP contribution in [0.3, 0.4) is 0 Å². The first-order chi connectivity index (χ1) is 8.43. The van der Waals surface area contributed by atoms with E-state index in [1.54, 1.807) is 0 Å². The smallest absolute Gasteiger partial charge is 0.240 e. The van der Waals surface area contributed by atoms with Crippen LogP contribution in [0, 0.1) is 11.3 Å². The van der Waals surface area contributed by atoms with Crippen molar-refractivity contribution in [1.82, 2.24) is 5.32 Å². The Morgan fingerprint density at radius 3 is 2.17 bits per heavy atom. The minimum absolute atomic E-state index is 0.00938. The molecule has 0 spiro atoms. The van der Waals surface area contributed by atoms with E-state index in [2.05, 4.69) is 5.32 Å². The van der Waals surface area contributed by atoms with Crippen molar-refractivity contribution in [3.8, 4) is 0 Å². The number of carbonyl (C=O) groups is 2. The Labute approximate surface area is 109 Å². The van der Waals surface area contributed by atoms with E-state index in [9.17, 15) is 9.59 Å². The minimum atomic E-state index is -0.608. The summed E-state index contributed by atoms with van der Waals surface area (Å²) in [6, 6.07) is -0.608. The summed E-state index contributed by atoms with van der Waals surface area (Å²) >= 11 is 0. The van der Waals surface area contributed by atoms with Crippen LogP contribution in [0.5, 0.6) is 0 Å². The lowest BCUT2D eigenvalue weighted by atomic mass is 9.73. The zero-order chi connectivity index (χ0) is 13.8. The Bertz CT molecular complexity index is 309. The van der Waals surface area contributed by atoms with Gasteiger partial charge in [-0.2, -0.15) is 0 Å². The molecular formula is C13H25N3O2. The van der Waals surface area contributed by atoms with E-state index in [0.29, 0.717) is 6.54 Å². The normalized spacial score (nSPS) is 20.4. The van der Waals surface area contributed by atoms with Gasteiger partial charge in [0.05, 0.1) is 5.41 Å². The molecule has 0 radical (unpaired) electrons. The Kier molecular flexibility index (Phi) is 5.14. The lowest BCUT2D eigenvalue weighted by Gasteiger charge is -2.36. The zero-order valence-electron chi connectivity index (χ0n) is 11.4. The first-order valence-electron chi connectivity index (χ1n) is 6.73. The van der Waals surface area contributed by atoms with Crippen molar-refractivity contribution in [3.63, 3.8) is 0 Å². The second-order valence-corrected chi connectivity index (χ2v) is 5.64. The average Bonchev–Trinajstić information content (AvgIpc) is 2.35. The van der Waals surface area contributed by atoms with E-state index in [4.69, 9.17) is 11.5 Å². The molecule has 1 saturated carbocycles. The van der Waals surface area contributed by atoms with Crippen molar-refractivity contribution >= 4 is 11.8 Å². The molecule has 0 saturated heterocycles. The molecule has 1 aliphatic carbocycles. The summed E-state index contributed by atoms with van der Waals surface area (Å²) < 4.78 is 0. The van der Waals surface area contributed by atoms with Gasteiger partial charge < -0.3 is 16.8 Å². The van der Waals surface area contributed by atoms with Crippen LogP contribution < -0.4 is 16.8 Å². The van der Waals surface area contributed by atoms with Gasteiger partial charge in [0.15, 0.2) is 0 Å². The quantitative estimate of drug-likeness (QED) is 0.668. The topological polar surface area (TPSA) is 98.2 Å². The molecule has 18 heavy (non-hydrogen) atoms. The van der Waals surface area contributed by atoms with Gasteiger partial charge in [-0.1, -0.05) is 33.1 Å². The van der Waals surface area contributed by atoms with Crippen molar-refractivity contribution in [2.45, 2.75) is 52.0 Å². The van der Waals surface area contributed by atoms with Gasteiger partial charge in [0.2, 0.25) is 11.8 Å². The van der Waals surface area contributed by atoms with Gasteiger partial charge in [0.1, 0.15) is 6.04 Å². The SMILES string of the molecule is CC(C)C(NC(=O)C1(CN)CCCCC1)C(N)=O. The summed E-state index contributed by atoms with van der Waals surface area (Å²) in [5, 5.41) is 2.78. The minimum Gasteiger partial charge on any atom is -0.368 e. The highest BCUT2D eigenvalue weighted by Gasteiger charge is 2.39. The summed E-state index contributed by atoms with van der Waals surface area (Å²) in [4.78, 5) is 23.7. The molecule has 0 heterocycles. The molecule has 0 aromatic carbocycles. The number of amides is 2. The number of primary amides is 1.